The van der Waals surface area contributed by atoms with Crippen LogP contribution in [0.5, 0.6) is 11.5 Å². The number of rotatable bonds is 8. The molecular weight excluding hydrogens is 323 g/mol. The average molecular weight is 346 g/mol. The van der Waals surface area contributed by atoms with E-state index < -0.39 is 0 Å². The molecule has 134 valence electrons. The molecule has 6 heteroatoms. The van der Waals surface area contributed by atoms with Gasteiger partial charge in [-0.15, -0.1) is 0 Å². The number of likely N-dealkylation sites (N-methyl/N-ethyl adjacent to an activating group) is 1. The van der Waals surface area contributed by atoms with Crippen LogP contribution in [-0.4, -0.2) is 45.2 Å². The SMILES string of the molecule is COc1ccccc1C(CNC(=O)COc1ccc(F)cc1)N(C)C. The van der Waals surface area contributed by atoms with Gasteiger partial charge in [-0.2, -0.15) is 0 Å². The van der Waals surface area contributed by atoms with Gasteiger partial charge < -0.3 is 19.7 Å². The third-order valence-corrected chi connectivity index (χ3v) is 3.80. The highest BCUT2D eigenvalue weighted by molar-refractivity contribution is 5.77. The number of ether oxygens (including phenoxy) is 2. The summed E-state index contributed by atoms with van der Waals surface area (Å²) in [6.45, 7) is 0.288. The molecule has 0 aliphatic carbocycles. The Kier molecular flexibility index (Phi) is 6.77. The van der Waals surface area contributed by atoms with Crippen LogP contribution in [0.3, 0.4) is 0 Å². The number of nitrogens with one attached hydrogen (secondary N) is 1. The molecule has 0 fully saturated rings. The first-order valence-corrected chi connectivity index (χ1v) is 7.95. The lowest BCUT2D eigenvalue weighted by atomic mass is 10.0. The van der Waals surface area contributed by atoms with E-state index in [1.807, 2.05) is 43.3 Å². The van der Waals surface area contributed by atoms with Gasteiger partial charge in [-0.1, -0.05) is 18.2 Å². The maximum atomic E-state index is 12.8. The molecule has 0 heterocycles. The first kappa shape index (κ1) is 18.7. The lowest BCUT2D eigenvalue weighted by molar-refractivity contribution is -0.123. The van der Waals surface area contributed by atoms with Crippen molar-refractivity contribution >= 4 is 5.91 Å². The van der Waals surface area contributed by atoms with Crippen LogP contribution in [0, 0.1) is 5.82 Å². The predicted octanol–water partition coefficient (Wildman–Crippen LogP) is 2.63. The highest BCUT2D eigenvalue weighted by atomic mass is 19.1. The van der Waals surface area contributed by atoms with Crippen LogP contribution in [0.1, 0.15) is 11.6 Å². The summed E-state index contributed by atoms with van der Waals surface area (Å²) in [6.07, 6.45) is 0. The molecule has 0 saturated heterocycles. The number of hydrogen-bond acceptors (Lipinski definition) is 4. The van der Waals surface area contributed by atoms with Crippen molar-refractivity contribution in [2.45, 2.75) is 6.04 Å². The van der Waals surface area contributed by atoms with Crippen molar-refractivity contribution in [2.24, 2.45) is 0 Å². The highest BCUT2D eigenvalue weighted by Gasteiger charge is 2.19. The minimum atomic E-state index is -0.345. The molecule has 1 unspecified atom stereocenters. The predicted molar refractivity (Wildman–Crippen MR) is 94.3 cm³/mol. The fourth-order valence-corrected chi connectivity index (χ4v) is 2.45. The summed E-state index contributed by atoms with van der Waals surface area (Å²) in [6, 6.07) is 13.2. The van der Waals surface area contributed by atoms with Gasteiger partial charge in [0.15, 0.2) is 6.61 Å². The molecule has 0 bridgehead atoms. The molecule has 2 rings (SSSR count). The fraction of sp³-hybridized carbons (Fsp3) is 0.316. The van der Waals surface area contributed by atoms with Crippen molar-refractivity contribution in [3.63, 3.8) is 0 Å². The van der Waals surface area contributed by atoms with E-state index in [1.165, 1.54) is 24.3 Å². The van der Waals surface area contributed by atoms with Crippen molar-refractivity contribution in [3.05, 3.63) is 59.9 Å². The third kappa shape index (κ3) is 5.46. The first-order chi connectivity index (χ1) is 12.0. The van der Waals surface area contributed by atoms with Gasteiger partial charge >= 0.3 is 0 Å². The van der Waals surface area contributed by atoms with Crippen LogP contribution in [0.4, 0.5) is 4.39 Å². The van der Waals surface area contributed by atoms with Gasteiger partial charge in [0.25, 0.3) is 5.91 Å². The molecule has 0 saturated carbocycles. The summed E-state index contributed by atoms with van der Waals surface area (Å²) >= 11 is 0. The molecule has 25 heavy (non-hydrogen) atoms. The van der Waals surface area contributed by atoms with Gasteiger partial charge in [-0.3, -0.25) is 4.79 Å². The van der Waals surface area contributed by atoms with Gasteiger partial charge in [0.2, 0.25) is 0 Å². The zero-order valence-electron chi connectivity index (χ0n) is 14.7. The van der Waals surface area contributed by atoms with Gasteiger partial charge in [-0.05, 0) is 44.4 Å². The Morgan fingerprint density at radius 1 is 1.16 bits per heavy atom. The van der Waals surface area contributed by atoms with Crippen LogP contribution in [0.2, 0.25) is 0 Å². The van der Waals surface area contributed by atoms with E-state index in [-0.39, 0.29) is 24.4 Å². The summed E-state index contributed by atoms with van der Waals surface area (Å²) in [5, 5.41) is 2.86. The van der Waals surface area contributed by atoms with Crippen LogP contribution >= 0.6 is 0 Å². The Labute approximate surface area is 147 Å². The Morgan fingerprint density at radius 3 is 2.48 bits per heavy atom. The molecule has 0 spiro atoms. The van der Waals surface area contributed by atoms with Gasteiger partial charge in [-0.25, -0.2) is 4.39 Å². The molecule has 1 N–H and O–H groups in total. The van der Waals surface area contributed by atoms with Crippen LogP contribution < -0.4 is 14.8 Å². The van der Waals surface area contributed by atoms with Gasteiger partial charge in [0.1, 0.15) is 17.3 Å². The van der Waals surface area contributed by atoms with E-state index in [9.17, 15) is 9.18 Å². The smallest absolute Gasteiger partial charge is 0.258 e. The lowest BCUT2D eigenvalue weighted by Crippen LogP contribution is -2.37. The quantitative estimate of drug-likeness (QED) is 0.798. The zero-order chi connectivity index (χ0) is 18.2. The standard InChI is InChI=1S/C19H23FN2O3/c1-22(2)17(16-6-4-5-7-18(16)24-3)12-21-19(23)13-25-15-10-8-14(20)9-11-15/h4-11,17H,12-13H2,1-3H3,(H,21,23). The van der Waals surface area contributed by atoms with E-state index in [1.54, 1.807) is 7.11 Å². The Bertz CT molecular complexity index is 689. The average Bonchev–Trinajstić information content (AvgIpc) is 2.61. The molecule has 2 aromatic rings. The first-order valence-electron chi connectivity index (χ1n) is 7.95. The van der Waals surface area contributed by atoms with E-state index >= 15 is 0 Å². The molecule has 1 amide bonds. The number of amides is 1. The minimum absolute atomic E-state index is 0.0362. The summed E-state index contributed by atoms with van der Waals surface area (Å²) in [4.78, 5) is 14.0. The topological polar surface area (TPSA) is 50.8 Å². The zero-order valence-corrected chi connectivity index (χ0v) is 14.7. The Balaban J connectivity index is 1.92. The molecule has 5 nitrogen and oxygen atoms in total. The van der Waals surface area contributed by atoms with E-state index in [0.29, 0.717) is 12.3 Å². The van der Waals surface area contributed by atoms with Crippen molar-refractivity contribution in [1.82, 2.24) is 10.2 Å². The molecule has 0 aromatic heterocycles. The Morgan fingerprint density at radius 2 is 1.84 bits per heavy atom. The summed E-state index contributed by atoms with van der Waals surface area (Å²) in [5.74, 6) is 0.636. The minimum Gasteiger partial charge on any atom is -0.496 e. The number of halogens is 1. The van der Waals surface area contributed by atoms with E-state index in [2.05, 4.69) is 5.32 Å². The molecule has 1 atom stereocenters. The molecule has 0 radical (unpaired) electrons. The summed E-state index contributed by atoms with van der Waals surface area (Å²) in [5.41, 5.74) is 0.995. The second-order valence-electron chi connectivity index (χ2n) is 5.77. The summed E-state index contributed by atoms with van der Waals surface area (Å²) < 4.78 is 23.6. The number of carbonyl (C=O) groups is 1. The monoisotopic (exact) mass is 346 g/mol. The summed E-state index contributed by atoms with van der Waals surface area (Å²) in [7, 11) is 5.51. The van der Waals surface area contributed by atoms with E-state index in [0.717, 1.165) is 11.3 Å². The maximum Gasteiger partial charge on any atom is 0.258 e. The van der Waals surface area contributed by atoms with Crippen molar-refractivity contribution < 1.29 is 18.7 Å². The second kappa shape index (κ2) is 9.03. The van der Waals surface area contributed by atoms with Gasteiger partial charge in [0, 0.05) is 12.1 Å². The second-order valence-corrected chi connectivity index (χ2v) is 5.77. The van der Waals surface area contributed by atoms with Gasteiger partial charge in [0.05, 0.1) is 13.2 Å². The fourth-order valence-electron chi connectivity index (χ4n) is 2.45. The third-order valence-electron chi connectivity index (χ3n) is 3.80. The number of nitrogens with zero attached hydrogens (tertiary/aromatic N) is 1. The van der Waals surface area contributed by atoms with Crippen LogP contribution in [0.15, 0.2) is 48.5 Å². The van der Waals surface area contributed by atoms with E-state index in [4.69, 9.17) is 9.47 Å². The Hall–Kier alpha value is -2.60. The normalized spacial score (nSPS) is 11.9. The number of benzene rings is 2. The molecular formula is C19H23FN2O3. The molecule has 2 aromatic carbocycles. The van der Waals surface area contributed by atoms with Crippen molar-refractivity contribution in [1.29, 1.82) is 0 Å². The number of hydrogen-bond donors (Lipinski definition) is 1. The van der Waals surface area contributed by atoms with Crippen LogP contribution in [0.25, 0.3) is 0 Å². The van der Waals surface area contributed by atoms with Crippen molar-refractivity contribution in [2.75, 3.05) is 34.4 Å². The lowest BCUT2D eigenvalue weighted by Gasteiger charge is -2.26. The highest BCUT2D eigenvalue weighted by Crippen LogP contribution is 2.27. The number of methoxy groups -OCH3 is 1. The maximum absolute atomic E-state index is 12.8. The van der Waals surface area contributed by atoms with Crippen molar-refractivity contribution in [3.8, 4) is 11.5 Å². The number of para-hydroxylation sites is 1. The van der Waals surface area contributed by atoms with Crippen LogP contribution in [-0.2, 0) is 4.79 Å². The molecule has 0 aliphatic heterocycles. The molecule has 0 aliphatic rings. The largest absolute Gasteiger partial charge is 0.496 e. The number of carbonyl (C=O) groups excluding carboxylic acids is 1.